The van der Waals surface area contributed by atoms with Crippen molar-refractivity contribution in [3.63, 3.8) is 0 Å². The van der Waals surface area contributed by atoms with E-state index in [1.54, 1.807) is 12.1 Å². The molecule has 0 radical (unpaired) electrons. The zero-order valence-corrected chi connectivity index (χ0v) is 10.9. The molecule has 1 N–H and O–H groups in total. The van der Waals surface area contributed by atoms with E-state index in [1.807, 2.05) is 0 Å². The standard InChI is InChI=1S/C12H17NO5/c1-13(12(14)15)7-9-10(17-3)5-8(16-2)6-11(9)18-4/h5-6H,7H2,1-4H3,(H,14,15). The van der Waals surface area contributed by atoms with Gasteiger partial charge in [0.2, 0.25) is 0 Å². The molecule has 0 fully saturated rings. The average Bonchev–Trinajstić information content (AvgIpc) is 2.38. The van der Waals surface area contributed by atoms with E-state index in [1.165, 1.54) is 28.4 Å². The molecule has 0 unspecified atom stereocenters. The van der Waals surface area contributed by atoms with Crippen LogP contribution < -0.4 is 14.2 Å². The van der Waals surface area contributed by atoms with Crippen molar-refractivity contribution in [3.05, 3.63) is 17.7 Å². The monoisotopic (exact) mass is 255 g/mol. The van der Waals surface area contributed by atoms with Crippen LogP contribution in [0.3, 0.4) is 0 Å². The van der Waals surface area contributed by atoms with Crippen molar-refractivity contribution in [2.75, 3.05) is 28.4 Å². The first-order valence-electron chi connectivity index (χ1n) is 5.26. The Kier molecular flexibility index (Phi) is 4.65. The zero-order chi connectivity index (χ0) is 13.7. The molecule has 1 amide bonds. The second-order valence-electron chi connectivity index (χ2n) is 3.65. The number of ether oxygens (including phenoxy) is 3. The first kappa shape index (κ1) is 14.0. The summed E-state index contributed by atoms with van der Waals surface area (Å²) in [7, 11) is 6.04. The molecule has 0 aliphatic heterocycles. The fraction of sp³-hybridized carbons (Fsp3) is 0.417. The molecule has 1 rings (SSSR count). The maximum atomic E-state index is 10.8. The molecule has 0 aliphatic rings. The van der Waals surface area contributed by atoms with Gasteiger partial charge in [-0.25, -0.2) is 4.79 Å². The molecule has 6 heteroatoms. The van der Waals surface area contributed by atoms with Gasteiger partial charge in [0.25, 0.3) is 0 Å². The second kappa shape index (κ2) is 6.00. The lowest BCUT2D eigenvalue weighted by molar-refractivity contribution is 0.153. The van der Waals surface area contributed by atoms with Gasteiger partial charge in [-0.3, -0.25) is 0 Å². The first-order chi connectivity index (χ1) is 8.53. The highest BCUT2D eigenvalue weighted by Crippen LogP contribution is 2.34. The lowest BCUT2D eigenvalue weighted by Gasteiger charge is -2.19. The van der Waals surface area contributed by atoms with E-state index in [4.69, 9.17) is 19.3 Å². The Hall–Kier alpha value is -2.11. The lowest BCUT2D eigenvalue weighted by atomic mass is 10.1. The topological polar surface area (TPSA) is 68.2 Å². The van der Waals surface area contributed by atoms with E-state index in [0.717, 1.165) is 4.90 Å². The van der Waals surface area contributed by atoms with Gasteiger partial charge < -0.3 is 24.2 Å². The molecule has 1 aromatic rings. The van der Waals surface area contributed by atoms with Crippen LogP contribution in [-0.2, 0) is 6.54 Å². The summed E-state index contributed by atoms with van der Waals surface area (Å²) in [5.41, 5.74) is 0.658. The number of nitrogens with zero attached hydrogens (tertiary/aromatic N) is 1. The molecule has 0 saturated heterocycles. The molecule has 0 aliphatic carbocycles. The van der Waals surface area contributed by atoms with Gasteiger partial charge >= 0.3 is 6.09 Å². The first-order valence-corrected chi connectivity index (χ1v) is 5.26. The quantitative estimate of drug-likeness (QED) is 0.869. The summed E-state index contributed by atoms with van der Waals surface area (Å²) in [4.78, 5) is 12.0. The SMILES string of the molecule is COc1cc(OC)c(CN(C)C(=O)O)c(OC)c1. The number of benzene rings is 1. The Bertz CT molecular complexity index is 407. The fourth-order valence-electron chi connectivity index (χ4n) is 1.54. The number of hydrogen-bond acceptors (Lipinski definition) is 4. The molecule has 0 bridgehead atoms. The van der Waals surface area contributed by atoms with Gasteiger partial charge in [-0.15, -0.1) is 0 Å². The van der Waals surface area contributed by atoms with Gasteiger partial charge in [-0.05, 0) is 0 Å². The molecular weight excluding hydrogens is 238 g/mol. The van der Waals surface area contributed by atoms with Gasteiger partial charge in [0.15, 0.2) is 0 Å². The maximum Gasteiger partial charge on any atom is 0.407 e. The van der Waals surface area contributed by atoms with Crippen LogP contribution >= 0.6 is 0 Å². The third kappa shape index (κ3) is 2.97. The third-order valence-corrected chi connectivity index (χ3v) is 2.54. The molecule has 0 aromatic heterocycles. The Morgan fingerprint density at radius 1 is 1.17 bits per heavy atom. The van der Waals surface area contributed by atoms with Gasteiger partial charge in [-0.1, -0.05) is 0 Å². The Labute approximate surface area is 106 Å². The predicted octanol–water partition coefficient (Wildman–Crippen LogP) is 1.82. The Balaban J connectivity index is 3.18. The van der Waals surface area contributed by atoms with Crippen molar-refractivity contribution in [3.8, 4) is 17.2 Å². The summed E-state index contributed by atoms with van der Waals surface area (Å²) in [6, 6.07) is 3.38. The number of amides is 1. The van der Waals surface area contributed by atoms with Crippen LogP contribution in [0.1, 0.15) is 5.56 Å². The van der Waals surface area contributed by atoms with Crippen LogP contribution in [0, 0.1) is 0 Å². The smallest absolute Gasteiger partial charge is 0.407 e. The highest BCUT2D eigenvalue weighted by Gasteiger charge is 2.17. The second-order valence-corrected chi connectivity index (χ2v) is 3.65. The molecular formula is C12H17NO5. The molecule has 6 nitrogen and oxygen atoms in total. The lowest BCUT2D eigenvalue weighted by Crippen LogP contribution is -2.24. The summed E-state index contributed by atoms with van der Waals surface area (Å²) in [5.74, 6) is 1.64. The summed E-state index contributed by atoms with van der Waals surface area (Å²) in [6.45, 7) is 0.172. The highest BCUT2D eigenvalue weighted by molar-refractivity contribution is 5.65. The summed E-state index contributed by atoms with van der Waals surface area (Å²) in [5, 5.41) is 8.89. The molecule has 0 atom stereocenters. The number of carbonyl (C=O) groups is 1. The van der Waals surface area contributed by atoms with Gasteiger partial charge in [-0.2, -0.15) is 0 Å². The van der Waals surface area contributed by atoms with E-state index >= 15 is 0 Å². The molecule has 0 heterocycles. The number of rotatable bonds is 5. The van der Waals surface area contributed by atoms with Crippen LogP contribution in [0.4, 0.5) is 4.79 Å². The van der Waals surface area contributed by atoms with E-state index < -0.39 is 6.09 Å². The van der Waals surface area contributed by atoms with E-state index in [2.05, 4.69) is 0 Å². The van der Waals surface area contributed by atoms with Crippen molar-refractivity contribution >= 4 is 6.09 Å². The summed E-state index contributed by atoms with van der Waals surface area (Å²) < 4.78 is 15.6. The fourth-order valence-corrected chi connectivity index (χ4v) is 1.54. The predicted molar refractivity (Wildman–Crippen MR) is 65.6 cm³/mol. The van der Waals surface area contributed by atoms with E-state index in [9.17, 15) is 4.79 Å². The molecule has 100 valence electrons. The summed E-state index contributed by atoms with van der Waals surface area (Å²) >= 11 is 0. The molecule has 18 heavy (non-hydrogen) atoms. The largest absolute Gasteiger partial charge is 0.496 e. The maximum absolute atomic E-state index is 10.8. The van der Waals surface area contributed by atoms with Crippen LogP contribution in [0.2, 0.25) is 0 Å². The Morgan fingerprint density at radius 3 is 2.00 bits per heavy atom. The molecule has 1 aromatic carbocycles. The normalized spacial score (nSPS) is 9.78. The van der Waals surface area contributed by atoms with Crippen LogP contribution in [0.5, 0.6) is 17.2 Å². The molecule has 0 saturated carbocycles. The minimum absolute atomic E-state index is 0.172. The van der Waals surface area contributed by atoms with Crippen molar-refractivity contribution < 1.29 is 24.1 Å². The van der Waals surface area contributed by atoms with Gasteiger partial charge in [0, 0.05) is 19.2 Å². The number of hydrogen-bond donors (Lipinski definition) is 1. The van der Waals surface area contributed by atoms with Crippen LogP contribution in [0.15, 0.2) is 12.1 Å². The summed E-state index contributed by atoms with van der Waals surface area (Å²) in [6.07, 6.45) is -1.02. The minimum atomic E-state index is -1.02. The minimum Gasteiger partial charge on any atom is -0.496 e. The van der Waals surface area contributed by atoms with Crippen molar-refractivity contribution in [2.24, 2.45) is 0 Å². The van der Waals surface area contributed by atoms with Gasteiger partial charge in [0.05, 0.1) is 33.4 Å². The van der Waals surface area contributed by atoms with E-state index in [0.29, 0.717) is 22.8 Å². The van der Waals surface area contributed by atoms with Crippen LogP contribution in [0.25, 0.3) is 0 Å². The van der Waals surface area contributed by atoms with Gasteiger partial charge in [0.1, 0.15) is 17.2 Å². The average molecular weight is 255 g/mol. The van der Waals surface area contributed by atoms with Crippen LogP contribution in [-0.4, -0.2) is 44.5 Å². The van der Waals surface area contributed by atoms with Crippen molar-refractivity contribution in [1.82, 2.24) is 4.90 Å². The highest BCUT2D eigenvalue weighted by atomic mass is 16.5. The van der Waals surface area contributed by atoms with E-state index in [-0.39, 0.29) is 6.54 Å². The third-order valence-electron chi connectivity index (χ3n) is 2.54. The molecule has 0 spiro atoms. The number of carboxylic acid groups (broad SMARTS) is 1. The number of methoxy groups -OCH3 is 3. The zero-order valence-electron chi connectivity index (χ0n) is 10.9. The Morgan fingerprint density at radius 2 is 1.67 bits per heavy atom. The van der Waals surface area contributed by atoms with Crippen molar-refractivity contribution in [2.45, 2.75) is 6.54 Å². The van der Waals surface area contributed by atoms with Crippen molar-refractivity contribution in [1.29, 1.82) is 0 Å².